The summed E-state index contributed by atoms with van der Waals surface area (Å²) in [6.07, 6.45) is -8.01. The van der Waals surface area contributed by atoms with Gasteiger partial charge in [-0.15, -0.1) is 0 Å². The number of ether oxygens (including phenoxy) is 3. The van der Waals surface area contributed by atoms with Crippen molar-refractivity contribution in [3.63, 3.8) is 0 Å². The fourth-order valence-electron chi connectivity index (χ4n) is 3.03. The monoisotopic (exact) mass is 442 g/mol. The Morgan fingerprint density at radius 1 is 0.900 bits per heavy atom. The first kappa shape index (κ1) is 29.6. The van der Waals surface area contributed by atoms with Crippen LogP contribution in [0.5, 0.6) is 0 Å². The fourth-order valence-corrected chi connectivity index (χ4v) is 3.03. The summed E-state index contributed by atoms with van der Waals surface area (Å²) in [5.74, 6) is 0. The lowest BCUT2D eigenvalue weighted by atomic mass is 9.95. The van der Waals surface area contributed by atoms with Crippen LogP contribution in [0.2, 0.25) is 0 Å². The van der Waals surface area contributed by atoms with E-state index in [1.54, 1.807) is 27.7 Å². The molecule has 0 aliphatic carbocycles. The van der Waals surface area contributed by atoms with Gasteiger partial charge in [0.15, 0.2) is 0 Å². The van der Waals surface area contributed by atoms with Gasteiger partial charge in [-0.05, 0) is 41.0 Å². The van der Waals surface area contributed by atoms with Crippen LogP contribution in [-0.4, -0.2) is 116 Å². The van der Waals surface area contributed by atoms with E-state index in [1.165, 1.54) is 0 Å². The van der Waals surface area contributed by atoms with E-state index in [9.17, 15) is 25.5 Å². The molecule has 1 fully saturated rings. The fraction of sp³-hybridized carbons (Fsp3) is 1.00. The minimum Gasteiger partial charge on any atom is -0.394 e. The van der Waals surface area contributed by atoms with Crippen molar-refractivity contribution in [1.82, 2.24) is 0 Å². The lowest BCUT2D eigenvalue weighted by Gasteiger charge is -2.41. The molecule has 0 aromatic carbocycles. The number of aliphatic hydroxyl groups is 7. The van der Waals surface area contributed by atoms with Crippen molar-refractivity contribution < 1.29 is 50.0 Å². The highest BCUT2D eigenvalue weighted by atomic mass is 16.6. The van der Waals surface area contributed by atoms with E-state index in [0.29, 0.717) is 6.42 Å². The predicted molar refractivity (Wildman–Crippen MR) is 109 cm³/mol. The molecule has 1 rings (SSSR count). The van der Waals surface area contributed by atoms with Crippen LogP contribution in [-0.2, 0) is 14.2 Å². The molecule has 0 spiro atoms. The molecule has 1 aliphatic rings. The molecular weight excluding hydrogens is 400 g/mol. The second kappa shape index (κ2) is 14.6. The number of hydrogen-bond donors (Lipinski definition) is 7. The summed E-state index contributed by atoms with van der Waals surface area (Å²) in [6, 6.07) is 0. The molecule has 1 heterocycles. The summed E-state index contributed by atoms with van der Waals surface area (Å²) < 4.78 is 16.0. The third-order valence-corrected chi connectivity index (χ3v) is 4.68. The van der Waals surface area contributed by atoms with Gasteiger partial charge in [0.1, 0.15) is 42.7 Å². The maximum Gasteiger partial charge on any atom is 0.115 e. The molecule has 10 heteroatoms. The first-order chi connectivity index (χ1) is 13.9. The highest BCUT2D eigenvalue weighted by Crippen LogP contribution is 2.24. The first-order valence-corrected chi connectivity index (χ1v) is 10.5. The van der Waals surface area contributed by atoms with Crippen LogP contribution >= 0.6 is 0 Å². The second-order valence-electron chi connectivity index (χ2n) is 8.06. The smallest absolute Gasteiger partial charge is 0.115 e. The highest BCUT2D eigenvalue weighted by molar-refractivity contribution is 4.91. The van der Waals surface area contributed by atoms with E-state index in [2.05, 4.69) is 0 Å². The van der Waals surface area contributed by atoms with E-state index in [4.69, 9.17) is 24.4 Å². The second-order valence-corrected chi connectivity index (χ2v) is 8.06. The van der Waals surface area contributed by atoms with Gasteiger partial charge in [0.25, 0.3) is 0 Å². The molecule has 182 valence electrons. The van der Waals surface area contributed by atoms with Gasteiger partial charge < -0.3 is 50.0 Å². The van der Waals surface area contributed by atoms with Gasteiger partial charge in [0, 0.05) is 0 Å². The zero-order valence-electron chi connectivity index (χ0n) is 18.8. The standard InChI is InChI=1S/C10H20O5.C10H22O5/c1-5(2)14-10-7(4-11)15-6(3)8(12)9(10)13;1-4-7(12)9(14)10(8(13)5-11)15-6(2)3/h5-13H,4H2,1-3H3;6-14H,4-5H2,1-3H3/t6?,7?,8?,9-,10-;7?,8?,9-,10-/m11/s1. The minimum absolute atomic E-state index is 0.0945. The molecule has 1 aliphatic heterocycles. The van der Waals surface area contributed by atoms with E-state index >= 15 is 0 Å². The van der Waals surface area contributed by atoms with E-state index < -0.39 is 61.5 Å². The van der Waals surface area contributed by atoms with Gasteiger partial charge in [-0.2, -0.15) is 0 Å². The van der Waals surface area contributed by atoms with E-state index in [1.807, 2.05) is 13.8 Å². The lowest BCUT2D eigenvalue weighted by molar-refractivity contribution is -0.244. The lowest BCUT2D eigenvalue weighted by Crippen LogP contribution is -2.59. The van der Waals surface area contributed by atoms with Crippen molar-refractivity contribution in [2.75, 3.05) is 13.2 Å². The highest BCUT2D eigenvalue weighted by Gasteiger charge is 2.43. The Morgan fingerprint density at radius 3 is 1.87 bits per heavy atom. The molecule has 5 unspecified atom stereocenters. The quantitative estimate of drug-likeness (QED) is 0.212. The van der Waals surface area contributed by atoms with Crippen molar-refractivity contribution in [2.45, 2.75) is 115 Å². The Balaban J connectivity index is 0.000000561. The van der Waals surface area contributed by atoms with Crippen molar-refractivity contribution >= 4 is 0 Å². The molecule has 9 atom stereocenters. The maximum absolute atomic E-state index is 9.79. The number of hydrogen-bond acceptors (Lipinski definition) is 10. The van der Waals surface area contributed by atoms with Gasteiger partial charge >= 0.3 is 0 Å². The Morgan fingerprint density at radius 2 is 1.47 bits per heavy atom. The van der Waals surface area contributed by atoms with Crippen LogP contribution in [0.1, 0.15) is 48.0 Å². The topological polar surface area (TPSA) is 169 Å². The summed E-state index contributed by atoms with van der Waals surface area (Å²) >= 11 is 0. The predicted octanol–water partition coefficient (Wildman–Crippen LogP) is -1.45. The molecule has 0 bridgehead atoms. The van der Waals surface area contributed by atoms with Crippen molar-refractivity contribution in [3.8, 4) is 0 Å². The van der Waals surface area contributed by atoms with Gasteiger partial charge in [-0.1, -0.05) is 6.92 Å². The van der Waals surface area contributed by atoms with Crippen molar-refractivity contribution in [2.24, 2.45) is 0 Å². The summed E-state index contributed by atoms with van der Waals surface area (Å²) in [6.45, 7) is 9.78. The summed E-state index contributed by atoms with van der Waals surface area (Å²) in [4.78, 5) is 0. The normalized spacial score (nSPS) is 31.1. The minimum atomic E-state index is -1.19. The molecule has 0 aromatic heterocycles. The summed E-state index contributed by atoms with van der Waals surface area (Å²) in [7, 11) is 0. The average molecular weight is 443 g/mol. The molecular formula is C20H42O10. The maximum atomic E-state index is 9.79. The molecule has 7 N–H and O–H groups in total. The van der Waals surface area contributed by atoms with Crippen LogP contribution in [0, 0.1) is 0 Å². The molecule has 30 heavy (non-hydrogen) atoms. The third kappa shape index (κ3) is 9.39. The van der Waals surface area contributed by atoms with Crippen molar-refractivity contribution in [1.29, 1.82) is 0 Å². The van der Waals surface area contributed by atoms with Gasteiger partial charge in [0.2, 0.25) is 0 Å². The Kier molecular flexibility index (Phi) is 14.4. The average Bonchev–Trinajstić information content (AvgIpc) is 2.70. The van der Waals surface area contributed by atoms with Gasteiger partial charge in [-0.3, -0.25) is 0 Å². The Hall–Kier alpha value is -0.400. The van der Waals surface area contributed by atoms with Crippen LogP contribution in [0.25, 0.3) is 0 Å². The SMILES string of the molecule is CC(C)O[C@@H]1C(CO)OC(C)C(O)[C@H]1O.CCC(O)[C@@H](O)[C@H](OC(C)C)C(O)CO. The molecule has 10 nitrogen and oxygen atoms in total. The van der Waals surface area contributed by atoms with Crippen LogP contribution in [0.3, 0.4) is 0 Å². The van der Waals surface area contributed by atoms with Crippen LogP contribution < -0.4 is 0 Å². The first-order valence-electron chi connectivity index (χ1n) is 10.5. The zero-order chi connectivity index (χ0) is 23.6. The van der Waals surface area contributed by atoms with E-state index in [0.717, 1.165) is 0 Å². The Bertz CT molecular complexity index is 421. The molecule has 0 amide bonds. The number of aliphatic hydroxyl groups excluding tert-OH is 7. The molecule has 0 aromatic rings. The van der Waals surface area contributed by atoms with Crippen LogP contribution in [0.15, 0.2) is 0 Å². The summed E-state index contributed by atoms with van der Waals surface area (Å²) in [5.41, 5.74) is 0. The molecule has 1 saturated heterocycles. The van der Waals surface area contributed by atoms with Gasteiger partial charge in [0.05, 0.1) is 37.6 Å². The van der Waals surface area contributed by atoms with E-state index in [-0.39, 0.29) is 18.8 Å². The third-order valence-electron chi connectivity index (χ3n) is 4.68. The zero-order valence-corrected chi connectivity index (χ0v) is 18.8. The largest absolute Gasteiger partial charge is 0.394 e. The Labute approximate surface area is 179 Å². The van der Waals surface area contributed by atoms with Gasteiger partial charge in [-0.25, -0.2) is 0 Å². The number of rotatable bonds is 10. The molecule has 0 saturated carbocycles. The molecule has 0 radical (unpaired) electrons. The van der Waals surface area contributed by atoms with Crippen molar-refractivity contribution in [3.05, 3.63) is 0 Å². The van der Waals surface area contributed by atoms with Crippen LogP contribution in [0.4, 0.5) is 0 Å². The summed E-state index contributed by atoms with van der Waals surface area (Å²) in [5, 5.41) is 65.8.